The Hall–Kier alpha value is -1.84. The van der Waals surface area contributed by atoms with Crippen LogP contribution in [-0.2, 0) is 9.31 Å². The Morgan fingerprint density at radius 1 is 0.800 bits per heavy atom. The number of rotatable bonds is 2. The Labute approximate surface area is 150 Å². The largest absolute Gasteiger partial charge is 0.495 e. The fourth-order valence-corrected chi connectivity index (χ4v) is 4.01. The maximum Gasteiger partial charge on any atom is 0.495 e. The predicted molar refractivity (Wildman–Crippen MR) is 106 cm³/mol. The van der Waals surface area contributed by atoms with Crippen molar-refractivity contribution in [3.8, 4) is 0 Å². The molecule has 0 N–H and O–H groups in total. The van der Waals surface area contributed by atoms with E-state index < -0.39 is 0 Å². The molecule has 1 saturated heterocycles. The minimum atomic E-state index is -0.350. The average Bonchev–Trinajstić information content (AvgIpc) is 2.85. The van der Waals surface area contributed by atoms with Crippen molar-refractivity contribution in [1.82, 2.24) is 0 Å². The molecule has 0 amide bonds. The van der Waals surface area contributed by atoms with E-state index in [1.807, 2.05) is 0 Å². The van der Waals surface area contributed by atoms with Crippen LogP contribution in [0, 0.1) is 5.92 Å². The quantitative estimate of drug-likeness (QED) is 0.489. The molecule has 0 aromatic heterocycles. The zero-order valence-electron chi connectivity index (χ0n) is 15.7. The Morgan fingerprint density at radius 3 is 2.04 bits per heavy atom. The molecule has 0 spiro atoms. The molecule has 25 heavy (non-hydrogen) atoms. The second kappa shape index (κ2) is 5.58. The number of hydrogen-bond acceptors (Lipinski definition) is 2. The van der Waals surface area contributed by atoms with E-state index in [1.54, 1.807) is 0 Å². The lowest BCUT2D eigenvalue weighted by atomic mass is 9.74. The van der Waals surface area contributed by atoms with Gasteiger partial charge in [-0.2, -0.15) is 0 Å². The summed E-state index contributed by atoms with van der Waals surface area (Å²) in [6, 6.07) is 19.3. The van der Waals surface area contributed by atoms with Crippen LogP contribution in [0.1, 0.15) is 34.6 Å². The summed E-state index contributed by atoms with van der Waals surface area (Å²) >= 11 is 0. The molecule has 128 valence electrons. The molecule has 0 radical (unpaired) electrons. The highest BCUT2D eigenvalue weighted by Crippen LogP contribution is 2.42. The van der Waals surface area contributed by atoms with Crippen LogP contribution < -0.4 is 5.46 Å². The van der Waals surface area contributed by atoms with Gasteiger partial charge in [0.25, 0.3) is 0 Å². The fourth-order valence-electron chi connectivity index (χ4n) is 4.01. The Balaban J connectivity index is 1.92. The van der Waals surface area contributed by atoms with Crippen molar-refractivity contribution in [2.45, 2.75) is 45.8 Å². The summed E-state index contributed by atoms with van der Waals surface area (Å²) in [5.41, 5.74) is 0.440. The lowest BCUT2D eigenvalue weighted by molar-refractivity contribution is -0.0435. The molecule has 4 rings (SSSR count). The van der Waals surface area contributed by atoms with Gasteiger partial charge in [0.1, 0.15) is 0 Å². The van der Waals surface area contributed by atoms with Gasteiger partial charge < -0.3 is 9.31 Å². The first kappa shape index (κ1) is 16.6. The fraction of sp³-hybridized carbons (Fsp3) is 0.364. The Bertz CT molecular complexity index is 947. The van der Waals surface area contributed by atoms with Crippen molar-refractivity contribution < 1.29 is 9.31 Å². The van der Waals surface area contributed by atoms with E-state index >= 15 is 0 Å². The smallest absolute Gasteiger partial charge is 0.399 e. The molecule has 0 aliphatic carbocycles. The zero-order valence-corrected chi connectivity index (χ0v) is 15.7. The second-order valence-corrected chi connectivity index (χ2v) is 8.07. The van der Waals surface area contributed by atoms with Gasteiger partial charge in [0.2, 0.25) is 0 Å². The van der Waals surface area contributed by atoms with Crippen LogP contribution in [0.5, 0.6) is 0 Å². The molecule has 1 aliphatic rings. The zero-order chi connectivity index (χ0) is 17.8. The number of fused-ring (bicyclic) bond motifs is 3. The van der Waals surface area contributed by atoms with E-state index in [0.29, 0.717) is 5.92 Å². The molecule has 3 heteroatoms. The first-order valence-corrected chi connectivity index (χ1v) is 9.09. The van der Waals surface area contributed by atoms with Crippen LogP contribution in [0.15, 0.2) is 54.6 Å². The number of hydrogen-bond donors (Lipinski definition) is 0. The van der Waals surface area contributed by atoms with Gasteiger partial charge >= 0.3 is 7.12 Å². The van der Waals surface area contributed by atoms with E-state index in [1.165, 1.54) is 21.5 Å². The van der Waals surface area contributed by atoms with Crippen LogP contribution in [0.2, 0.25) is 0 Å². The third-order valence-electron chi connectivity index (χ3n) is 6.10. The van der Waals surface area contributed by atoms with Gasteiger partial charge in [-0.3, -0.25) is 0 Å². The molecule has 1 atom stereocenters. The van der Waals surface area contributed by atoms with Crippen molar-refractivity contribution in [3.05, 3.63) is 54.6 Å². The highest BCUT2D eigenvalue weighted by atomic mass is 16.7. The van der Waals surface area contributed by atoms with Crippen LogP contribution in [0.25, 0.3) is 21.5 Å². The highest BCUT2D eigenvalue weighted by Gasteiger charge is 2.56. The molecule has 1 unspecified atom stereocenters. The third-order valence-corrected chi connectivity index (χ3v) is 6.10. The Morgan fingerprint density at radius 2 is 1.40 bits per heavy atom. The van der Waals surface area contributed by atoms with Crippen LogP contribution in [0.3, 0.4) is 0 Å². The normalized spacial score (nSPS) is 23.0. The maximum absolute atomic E-state index is 6.55. The summed E-state index contributed by atoms with van der Waals surface area (Å²) in [4.78, 5) is 0. The summed E-state index contributed by atoms with van der Waals surface area (Å²) in [5, 5.41) is 4.94. The standard InChI is InChI=1S/C22H25BO2/c1-15(2)22(5)21(3,4)24-23(25-22)20-14-16-10-6-7-11-17(16)18-12-8-9-13-19(18)20/h6-15H,1-5H3. The van der Waals surface area contributed by atoms with Gasteiger partial charge in [0.15, 0.2) is 0 Å². The van der Waals surface area contributed by atoms with E-state index in [2.05, 4.69) is 89.2 Å². The Kier molecular flexibility index (Phi) is 3.71. The van der Waals surface area contributed by atoms with Gasteiger partial charge in [-0.05, 0) is 53.7 Å². The van der Waals surface area contributed by atoms with Crippen molar-refractivity contribution in [3.63, 3.8) is 0 Å². The lowest BCUT2D eigenvalue weighted by Gasteiger charge is -2.39. The average molecular weight is 332 g/mol. The van der Waals surface area contributed by atoms with Gasteiger partial charge in [0.05, 0.1) is 11.2 Å². The molecule has 0 bridgehead atoms. The van der Waals surface area contributed by atoms with Crippen molar-refractivity contribution >= 4 is 34.1 Å². The second-order valence-electron chi connectivity index (χ2n) is 8.07. The molecular weight excluding hydrogens is 307 g/mol. The van der Waals surface area contributed by atoms with Crippen LogP contribution in [-0.4, -0.2) is 18.3 Å². The summed E-state index contributed by atoms with van der Waals surface area (Å²) in [5.74, 6) is 0.360. The first-order valence-electron chi connectivity index (χ1n) is 9.09. The van der Waals surface area contributed by atoms with Crippen molar-refractivity contribution in [1.29, 1.82) is 0 Å². The molecule has 3 aromatic carbocycles. The van der Waals surface area contributed by atoms with E-state index in [-0.39, 0.29) is 18.3 Å². The topological polar surface area (TPSA) is 18.5 Å². The SMILES string of the molecule is CC(C)C1(C)OB(c2cc3ccccc3c3ccccc23)OC1(C)C. The highest BCUT2D eigenvalue weighted by molar-refractivity contribution is 6.65. The summed E-state index contributed by atoms with van der Waals surface area (Å²) in [7, 11) is -0.350. The minimum absolute atomic E-state index is 0.329. The lowest BCUT2D eigenvalue weighted by Crippen LogP contribution is -2.48. The van der Waals surface area contributed by atoms with Gasteiger partial charge in [-0.25, -0.2) is 0 Å². The summed E-state index contributed by atoms with van der Waals surface area (Å²) in [6.07, 6.45) is 0. The van der Waals surface area contributed by atoms with Crippen molar-refractivity contribution in [2.75, 3.05) is 0 Å². The summed E-state index contributed by atoms with van der Waals surface area (Å²) < 4.78 is 13.0. The van der Waals surface area contributed by atoms with Gasteiger partial charge in [-0.15, -0.1) is 0 Å². The minimum Gasteiger partial charge on any atom is -0.399 e. The molecule has 0 saturated carbocycles. The van der Waals surface area contributed by atoms with Gasteiger partial charge in [-0.1, -0.05) is 68.4 Å². The molecule has 1 heterocycles. The van der Waals surface area contributed by atoms with Crippen LogP contribution in [0.4, 0.5) is 0 Å². The van der Waals surface area contributed by atoms with E-state index in [9.17, 15) is 0 Å². The van der Waals surface area contributed by atoms with Gasteiger partial charge in [0, 0.05) is 0 Å². The van der Waals surface area contributed by atoms with Crippen molar-refractivity contribution in [2.24, 2.45) is 5.92 Å². The molecular formula is C22H25BO2. The maximum atomic E-state index is 6.55. The summed E-state index contributed by atoms with van der Waals surface area (Å²) in [6.45, 7) is 10.8. The molecule has 3 aromatic rings. The molecule has 2 nitrogen and oxygen atoms in total. The van der Waals surface area contributed by atoms with E-state index in [0.717, 1.165) is 5.46 Å². The number of benzene rings is 3. The third kappa shape index (κ3) is 2.41. The van der Waals surface area contributed by atoms with Crippen LogP contribution >= 0.6 is 0 Å². The predicted octanol–water partition coefficient (Wildman–Crippen LogP) is 4.93. The van der Waals surface area contributed by atoms with E-state index in [4.69, 9.17) is 9.31 Å². The molecule has 1 aliphatic heterocycles. The first-order chi connectivity index (χ1) is 11.8. The molecule has 1 fully saturated rings. The monoisotopic (exact) mass is 332 g/mol.